The van der Waals surface area contributed by atoms with Gasteiger partial charge in [0.25, 0.3) is 5.70 Å². The van der Waals surface area contributed by atoms with Crippen LogP contribution in [-0.4, -0.2) is 6.36 Å². The Labute approximate surface area is 231 Å². The van der Waals surface area contributed by atoms with Crippen molar-refractivity contribution in [2.24, 2.45) is 0 Å². The molecule has 1 aliphatic rings. The van der Waals surface area contributed by atoms with E-state index in [1.54, 1.807) is 6.07 Å². The molecular weight excluding hydrogens is 575 g/mol. The van der Waals surface area contributed by atoms with E-state index in [2.05, 4.69) is 9.58 Å². The minimum absolute atomic E-state index is 0.0165. The Morgan fingerprint density at radius 2 is 1.14 bits per heavy atom. The lowest BCUT2D eigenvalue weighted by Gasteiger charge is -2.17. The number of nitrogens with zero attached hydrogens (tertiary/aromatic N) is 2. The molecule has 0 N–H and O–H groups in total. The lowest BCUT2D eigenvalue weighted by molar-refractivity contribution is -0.274. The van der Waals surface area contributed by atoms with Gasteiger partial charge in [0, 0.05) is 35.4 Å². The third kappa shape index (κ3) is 4.71. The van der Waals surface area contributed by atoms with E-state index in [0.29, 0.717) is 18.2 Å². The topological polar surface area (TPSA) is 37.4 Å². The van der Waals surface area contributed by atoms with Gasteiger partial charge in [0.15, 0.2) is 0 Å². The van der Waals surface area contributed by atoms with Gasteiger partial charge in [-0.2, -0.15) is 0 Å². The third-order valence-corrected chi connectivity index (χ3v) is 6.55. The summed E-state index contributed by atoms with van der Waals surface area (Å²) in [6, 6.07) is 7.11. The summed E-state index contributed by atoms with van der Waals surface area (Å²) < 4.78 is 131. The number of nitriles is 1. The fourth-order valence-electron chi connectivity index (χ4n) is 4.96. The van der Waals surface area contributed by atoms with Crippen LogP contribution in [0.2, 0.25) is 0 Å². The molecule has 0 spiro atoms. The maximum atomic E-state index is 14.8. The number of ether oxygens (including phenoxy) is 1. The number of benzene rings is 4. The van der Waals surface area contributed by atoms with E-state index in [1.165, 1.54) is 19.1 Å². The molecule has 0 saturated heterocycles. The number of hydrogen-bond acceptors (Lipinski definition) is 2. The fraction of sp³-hybridized carbons (Fsp3) is 0.0667. The molecule has 0 fully saturated rings. The fourth-order valence-corrected chi connectivity index (χ4v) is 4.96. The first kappa shape index (κ1) is 28.3. The molecule has 0 saturated carbocycles. The molecule has 12 heteroatoms. The number of aryl methyl sites for hydroxylation is 1. The first-order valence-corrected chi connectivity index (χ1v) is 11.6. The summed E-state index contributed by atoms with van der Waals surface area (Å²) in [5.74, 6) is -9.33. The van der Waals surface area contributed by atoms with Gasteiger partial charge < -0.3 is 4.74 Å². The smallest absolute Gasteiger partial charge is 0.405 e. The van der Waals surface area contributed by atoms with Crippen LogP contribution in [0.3, 0.4) is 0 Å². The summed E-state index contributed by atoms with van der Waals surface area (Å²) in [6.45, 7) is 8.84. The lowest BCUT2D eigenvalue weighted by atomic mass is 9.92. The van der Waals surface area contributed by atoms with Gasteiger partial charge in [-0.05, 0) is 58.5 Å². The van der Waals surface area contributed by atoms with E-state index >= 15 is 0 Å². The Kier molecular flexibility index (Phi) is 6.74. The minimum Gasteiger partial charge on any atom is -0.405 e. The number of rotatable bonds is 3. The molecule has 0 atom stereocenters. The summed E-state index contributed by atoms with van der Waals surface area (Å²) in [7, 11) is 0. The van der Waals surface area contributed by atoms with E-state index in [1.807, 2.05) is 0 Å². The van der Waals surface area contributed by atoms with Crippen molar-refractivity contribution in [3.05, 3.63) is 117 Å². The Balaban J connectivity index is 1.91. The van der Waals surface area contributed by atoms with E-state index in [0.717, 1.165) is 6.07 Å². The van der Waals surface area contributed by atoms with Gasteiger partial charge in [-0.15, -0.1) is 13.2 Å². The van der Waals surface area contributed by atoms with Crippen LogP contribution in [-0.2, 0) is 0 Å². The largest absolute Gasteiger partial charge is 0.573 e. The van der Waals surface area contributed by atoms with E-state index in [4.69, 9.17) is 6.57 Å². The molecule has 0 amide bonds. The molecule has 4 aromatic carbocycles. The third-order valence-electron chi connectivity index (χ3n) is 6.55. The second-order valence-electron chi connectivity index (χ2n) is 9.09. The molecule has 1 aliphatic carbocycles. The maximum Gasteiger partial charge on any atom is 0.573 e. The highest BCUT2D eigenvalue weighted by molar-refractivity contribution is 6.06. The van der Waals surface area contributed by atoms with E-state index in [9.17, 15) is 44.8 Å². The summed E-state index contributed by atoms with van der Waals surface area (Å²) >= 11 is 0. The Bertz CT molecular complexity index is 1880. The second-order valence-corrected chi connectivity index (χ2v) is 9.09. The molecule has 5 rings (SSSR count). The first-order chi connectivity index (χ1) is 19.7. The quantitative estimate of drug-likeness (QED) is 0.120. The molecule has 0 heterocycles. The van der Waals surface area contributed by atoms with Crippen molar-refractivity contribution in [3.63, 3.8) is 0 Å². The van der Waals surface area contributed by atoms with Crippen molar-refractivity contribution in [2.75, 3.05) is 0 Å². The van der Waals surface area contributed by atoms with Crippen LogP contribution in [0.15, 0.2) is 54.2 Å². The van der Waals surface area contributed by atoms with Crippen LogP contribution >= 0.6 is 0 Å². The second kappa shape index (κ2) is 10.00. The molecule has 0 aromatic heterocycles. The monoisotopic (exact) mass is 586 g/mol. The van der Waals surface area contributed by atoms with Crippen molar-refractivity contribution < 1.29 is 44.3 Å². The number of alkyl halides is 3. The van der Waals surface area contributed by atoms with Gasteiger partial charge in [-0.3, -0.25) is 0 Å². The molecule has 210 valence electrons. The molecule has 4 aromatic rings. The highest BCUT2D eigenvalue weighted by atomic mass is 19.4. The predicted octanol–water partition coefficient (Wildman–Crippen LogP) is 9.24. The zero-order valence-corrected chi connectivity index (χ0v) is 20.8. The van der Waals surface area contributed by atoms with E-state index < -0.39 is 69.4 Å². The van der Waals surface area contributed by atoms with Crippen LogP contribution < -0.4 is 4.74 Å². The standard InChI is InChI=1S/C30H11F9N2O/c1-12-3-18-16(8-15(12)28-21(33)4-13(31)5-22(28)34)17-9-20(29-23(35)6-14(32)7-24(29)36)26(42-30(37,38)39)10-19(17)27(18)25(11-40)41-2/h3-10H,1H3/b27-25+. The summed E-state index contributed by atoms with van der Waals surface area (Å²) in [5.41, 5.74) is -3.41. The number of halogens is 9. The lowest BCUT2D eigenvalue weighted by Crippen LogP contribution is -2.18. The average Bonchev–Trinajstić information content (AvgIpc) is 3.15. The average molecular weight is 586 g/mol. The van der Waals surface area contributed by atoms with Crippen molar-refractivity contribution in [1.29, 1.82) is 5.26 Å². The normalized spacial score (nSPS) is 13.2. The molecule has 0 radical (unpaired) electrons. The van der Waals surface area contributed by atoms with Gasteiger partial charge in [-0.1, -0.05) is 6.07 Å². The number of fused-ring (bicyclic) bond motifs is 3. The Morgan fingerprint density at radius 3 is 1.60 bits per heavy atom. The van der Waals surface area contributed by atoms with E-state index in [-0.39, 0.29) is 51.1 Å². The highest BCUT2D eigenvalue weighted by Gasteiger charge is 2.36. The van der Waals surface area contributed by atoms with Gasteiger partial charge in [0.2, 0.25) is 0 Å². The minimum atomic E-state index is -5.37. The first-order valence-electron chi connectivity index (χ1n) is 11.6. The molecule has 0 unspecified atom stereocenters. The summed E-state index contributed by atoms with van der Waals surface area (Å²) in [6.07, 6.45) is -5.37. The van der Waals surface area contributed by atoms with Crippen LogP contribution in [0, 0.1) is 59.7 Å². The highest BCUT2D eigenvalue weighted by Crippen LogP contribution is 2.52. The Hall–Kier alpha value is -5.23. The van der Waals surface area contributed by atoms with Crippen LogP contribution in [0.1, 0.15) is 16.7 Å². The molecule has 3 nitrogen and oxygen atoms in total. The summed E-state index contributed by atoms with van der Waals surface area (Å²) in [5, 5.41) is 9.62. The van der Waals surface area contributed by atoms with Crippen LogP contribution in [0.4, 0.5) is 39.5 Å². The van der Waals surface area contributed by atoms with Gasteiger partial charge >= 0.3 is 6.36 Å². The number of hydrogen-bond donors (Lipinski definition) is 0. The van der Waals surface area contributed by atoms with Crippen LogP contribution in [0.25, 0.3) is 43.8 Å². The van der Waals surface area contributed by atoms with Crippen LogP contribution in [0.5, 0.6) is 5.75 Å². The molecule has 0 aliphatic heterocycles. The van der Waals surface area contributed by atoms with Crippen molar-refractivity contribution in [3.8, 4) is 45.2 Å². The zero-order valence-electron chi connectivity index (χ0n) is 20.8. The van der Waals surface area contributed by atoms with Gasteiger partial charge in [0.1, 0.15) is 40.7 Å². The molecular formula is C30H11F9N2O. The predicted molar refractivity (Wildman–Crippen MR) is 132 cm³/mol. The van der Waals surface area contributed by atoms with Gasteiger partial charge in [0.05, 0.1) is 23.8 Å². The van der Waals surface area contributed by atoms with Crippen molar-refractivity contribution in [1.82, 2.24) is 0 Å². The Morgan fingerprint density at radius 1 is 0.690 bits per heavy atom. The molecule has 42 heavy (non-hydrogen) atoms. The van der Waals surface area contributed by atoms with Crippen molar-refractivity contribution in [2.45, 2.75) is 13.3 Å². The van der Waals surface area contributed by atoms with Crippen molar-refractivity contribution >= 4 is 5.57 Å². The number of allylic oxidation sites excluding steroid dienone is 1. The van der Waals surface area contributed by atoms with Gasteiger partial charge in [-0.25, -0.2) is 36.4 Å². The molecule has 0 bridgehead atoms. The summed E-state index contributed by atoms with van der Waals surface area (Å²) in [4.78, 5) is 3.14. The SMILES string of the molecule is [C-]#[N+]/C(C#N)=C1\c2cc(C)c(-c3c(F)cc(F)cc3F)cc2-c2cc(-c3c(F)cc(F)cc3F)c(OC(F)(F)F)cc21. The zero-order chi connectivity index (χ0) is 30.7. The maximum absolute atomic E-state index is 14.8.